The number of rotatable bonds is 6. The number of benzene rings is 4. The zero-order valence-electron chi connectivity index (χ0n) is 36.7. The van der Waals surface area contributed by atoms with E-state index in [4.69, 9.17) is 23.9 Å². The molecule has 2 N–H and O–H groups in total. The molecular weight excluding hydrogens is 827 g/mol. The van der Waals surface area contributed by atoms with Gasteiger partial charge in [0, 0.05) is 35.1 Å². The Labute approximate surface area is 393 Å². The summed E-state index contributed by atoms with van der Waals surface area (Å²) in [5.74, 6) is -1.59. The molecule has 0 radical (unpaired) electrons. The average Bonchev–Trinajstić information content (AvgIpc) is 4.00. The standard InChI is InChI=1S/C24H26N2O5.C23H24N2O5.2CH4.Li.H2O/c1-24(2,3)30-23(28)26-14-15(13-20(26)22(27)29-4)31-25-21-18-11-7-5-9-16(18)17-10-6-8-12-19(17)21;1-23(2,3)29-22(28)25-13-14(12-19(25)21(26)27)30-24-20-17-10-6-4-8-15(17)16-9-5-7-11-18(16)20;;;;/h5-12,15,20H,13-14H2,1-4H3;4-11,14,19H,12-13H2,1-3H3,(H,26,27);2*1H4;;1H2/q;;;;+1;/p-1/t15-,20+;14-,19+;;;;/m11..../s1. The Hall–Kier alpha value is -6.14. The van der Waals surface area contributed by atoms with E-state index in [2.05, 4.69) is 22.4 Å². The molecule has 0 aromatic heterocycles. The molecular formula is C49H59LiN4O11. The second kappa shape index (κ2) is 21.7. The van der Waals surface area contributed by atoms with E-state index in [1.807, 2.05) is 84.9 Å². The summed E-state index contributed by atoms with van der Waals surface area (Å²) in [5, 5.41) is 18.4. The number of hydrogen-bond acceptors (Lipinski definition) is 12. The van der Waals surface area contributed by atoms with Crippen LogP contribution in [0.1, 0.15) is 91.5 Å². The van der Waals surface area contributed by atoms with Crippen LogP contribution < -0.4 is 18.9 Å². The number of carboxylic acids is 1. The predicted octanol–water partition coefficient (Wildman–Crippen LogP) is 5.99. The van der Waals surface area contributed by atoms with Crippen molar-refractivity contribution >= 4 is 35.5 Å². The zero-order valence-corrected chi connectivity index (χ0v) is 36.7. The van der Waals surface area contributed by atoms with E-state index in [1.54, 1.807) is 41.5 Å². The van der Waals surface area contributed by atoms with Gasteiger partial charge in [-0.25, -0.2) is 19.2 Å². The van der Waals surface area contributed by atoms with E-state index in [-0.39, 0.29) is 65.1 Å². The largest absolute Gasteiger partial charge is 1.00 e. The Morgan fingerprint density at radius 1 is 0.554 bits per heavy atom. The Kier molecular flexibility index (Phi) is 17.8. The van der Waals surface area contributed by atoms with Gasteiger partial charge >= 0.3 is 43.0 Å². The van der Waals surface area contributed by atoms with Crippen molar-refractivity contribution in [3.8, 4) is 22.3 Å². The number of hydrogen-bond donors (Lipinski definition) is 1. The average molecular weight is 887 g/mol. The molecule has 2 fully saturated rings. The molecule has 2 aliphatic heterocycles. The maximum atomic E-state index is 12.6. The van der Waals surface area contributed by atoms with Gasteiger partial charge in [0.1, 0.15) is 46.9 Å². The molecule has 4 aliphatic rings. The van der Waals surface area contributed by atoms with Crippen LogP contribution in [0.4, 0.5) is 9.59 Å². The molecule has 342 valence electrons. The van der Waals surface area contributed by atoms with E-state index in [0.29, 0.717) is 5.71 Å². The Morgan fingerprint density at radius 2 is 0.846 bits per heavy atom. The minimum atomic E-state index is -1.09. The molecule has 2 saturated heterocycles. The van der Waals surface area contributed by atoms with Crippen LogP contribution in [0.3, 0.4) is 0 Å². The van der Waals surface area contributed by atoms with Gasteiger partial charge in [0.15, 0.2) is 0 Å². The van der Waals surface area contributed by atoms with Crippen molar-refractivity contribution in [2.45, 2.75) is 105 Å². The molecule has 4 aromatic rings. The van der Waals surface area contributed by atoms with E-state index in [1.165, 1.54) is 16.9 Å². The summed E-state index contributed by atoms with van der Waals surface area (Å²) < 4.78 is 15.7. The van der Waals surface area contributed by atoms with Crippen LogP contribution in [-0.4, -0.2) is 112 Å². The first kappa shape index (κ1) is 53.2. The Bertz CT molecular complexity index is 2310. The van der Waals surface area contributed by atoms with Crippen LogP contribution in [0.5, 0.6) is 0 Å². The molecule has 0 bridgehead atoms. The summed E-state index contributed by atoms with van der Waals surface area (Å²) in [6.45, 7) is 10.9. The predicted molar refractivity (Wildman–Crippen MR) is 243 cm³/mol. The number of likely N-dealkylation sites (tertiary alicyclic amines) is 2. The van der Waals surface area contributed by atoms with E-state index >= 15 is 0 Å². The minimum Gasteiger partial charge on any atom is -0.870 e. The molecule has 0 saturated carbocycles. The molecule has 2 amide bonds. The summed E-state index contributed by atoms with van der Waals surface area (Å²) in [4.78, 5) is 63.2. The fraction of sp³-hybridized carbons (Fsp3) is 0.388. The minimum absolute atomic E-state index is 0. The van der Waals surface area contributed by atoms with Crippen LogP contribution in [0.15, 0.2) is 107 Å². The van der Waals surface area contributed by atoms with Crippen LogP contribution in [0, 0.1) is 0 Å². The summed E-state index contributed by atoms with van der Waals surface area (Å²) in [7, 11) is 1.30. The topological polar surface area (TPSA) is 196 Å². The summed E-state index contributed by atoms with van der Waals surface area (Å²) in [6, 6.07) is 30.2. The monoisotopic (exact) mass is 886 g/mol. The number of methoxy groups -OCH3 is 1. The molecule has 15 nitrogen and oxygen atoms in total. The Balaban J connectivity index is 0.000000325. The maximum absolute atomic E-state index is 12.6. The van der Waals surface area contributed by atoms with Crippen molar-refractivity contribution in [3.63, 3.8) is 0 Å². The van der Waals surface area contributed by atoms with Gasteiger partial charge in [-0.2, -0.15) is 0 Å². The van der Waals surface area contributed by atoms with Gasteiger partial charge in [-0.05, 0) is 63.8 Å². The van der Waals surface area contributed by atoms with E-state index in [0.717, 1.165) is 50.2 Å². The molecule has 0 spiro atoms. The molecule has 2 aliphatic carbocycles. The van der Waals surface area contributed by atoms with E-state index in [9.17, 15) is 24.3 Å². The third kappa shape index (κ3) is 11.8. The third-order valence-electron chi connectivity index (χ3n) is 10.4. The van der Waals surface area contributed by atoms with Crippen LogP contribution in [-0.2, 0) is 33.5 Å². The third-order valence-corrected chi connectivity index (χ3v) is 10.4. The summed E-state index contributed by atoms with van der Waals surface area (Å²) >= 11 is 0. The van der Waals surface area contributed by atoms with Gasteiger partial charge in [-0.3, -0.25) is 9.80 Å². The van der Waals surface area contributed by atoms with Crippen molar-refractivity contribution in [2.24, 2.45) is 10.3 Å². The normalized spacial score (nSPS) is 18.4. The fourth-order valence-electron chi connectivity index (χ4n) is 7.83. The quantitative estimate of drug-likeness (QED) is 0.0894. The number of aliphatic carboxylic acids is 1. The summed E-state index contributed by atoms with van der Waals surface area (Å²) in [6.07, 6.45) is -1.79. The van der Waals surface area contributed by atoms with Crippen LogP contribution >= 0.6 is 0 Å². The van der Waals surface area contributed by atoms with Gasteiger partial charge in [0.25, 0.3) is 0 Å². The fourth-order valence-corrected chi connectivity index (χ4v) is 7.83. The van der Waals surface area contributed by atoms with Gasteiger partial charge in [0.05, 0.1) is 20.2 Å². The van der Waals surface area contributed by atoms with Crippen LogP contribution in [0.2, 0.25) is 0 Å². The summed E-state index contributed by atoms with van der Waals surface area (Å²) in [5.41, 5.74) is 8.38. The maximum Gasteiger partial charge on any atom is 1.00 e. The SMILES string of the molecule is C.C.CC(C)(C)OC(=O)N1C[C@H](ON=C2c3ccccc3-c3ccccc32)C[C@H]1C(=O)O.COC(=O)[C@@H]1C[C@@H](ON=C2c3ccccc3-c3ccccc32)CN1C(=O)OC(C)(C)C.[Li+].[OH-]. The second-order valence-corrected chi connectivity index (χ2v) is 17.1. The smallest absolute Gasteiger partial charge is 0.870 e. The number of carbonyl (C=O) groups excluding carboxylic acids is 3. The molecule has 0 unspecified atom stereocenters. The van der Waals surface area contributed by atoms with Crippen molar-refractivity contribution in [2.75, 3.05) is 20.2 Å². The zero-order chi connectivity index (χ0) is 43.6. The first-order valence-electron chi connectivity index (χ1n) is 20.2. The number of ether oxygens (including phenoxy) is 3. The molecule has 8 rings (SSSR count). The number of fused-ring (bicyclic) bond motifs is 6. The van der Waals surface area contributed by atoms with Crippen molar-refractivity contribution in [1.82, 2.24) is 9.80 Å². The number of carbonyl (C=O) groups is 4. The van der Waals surface area contributed by atoms with E-state index < -0.39 is 59.6 Å². The number of oxime groups is 2. The number of carboxylic acid groups (broad SMARTS) is 1. The number of nitrogens with zero attached hydrogens (tertiary/aromatic N) is 4. The van der Waals surface area contributed by atoms with Gasteiger partial charge in [-0.15, -0.1) is 0 Å². The van der Waals surface area contributed by atoms with Crippen molar-refractivity contribution in [3.05, 3.63) is 119 Å². The van der Waals surface area contributed by atoms with Gasteiger partial charge in [-0.1, -0.05) is 122 Å². The van der Waals surface area contributed by atoms with Gasteiger partial charge < -0.3 is 34.5 Å². The first-order valence-corrected chi connectivity index (χ1v) is 20.2. The van der Waals surface area contributed by atoms with Crippen molar-refractivity contribution < 1.29 is 72.5 Å². The second-order valence-electron chi connectivity index (χ2n) is 17.1. The molecule has 16 heteroatoms. The molecule has 65 heavy (non-hydrogen) atoms. The van der Waals surface area contributed by atoms with Crippen LogP contribution in [0.25, 0.3) is 22.3 Å². The number of amides is 2. The van der Waals surface area contributed by atoms with Gasteiger partial charge in [0.2, 0.25) is 0 Å². The number of esters is 1. The molecule has 4 atom stereocenters. The molecule has 4 aromatic carbocycles. The Morgan fingerprint density at radius 3 is 1.14 bits per heavy atom. The van der Waals surface area contributed by atoms with Crippen molar-refractivity contribution in [1.29, 1.82) is 0 Å². The molecule has 2 heterocycles. The first-order chi connectivity index (χ1) is 29.0.